The number of likely N-dealkylation sites (tertiary alicyclic amines) is 1. The topological polar surface area (TPSA) is 58.1 Å². The van der Waals surface area contributed by atoms with Crippen LogP contribution >= 0.6 is 11.7 Å². The first kappa shape index (κ1) is 11.5. The van der Waals surface area contributed by atoms with Gasteiger partial charge in [0.1, 0.15) is 0 Å². The summed E-state index contributed by atoms with van der Waals surface area (Å²) in [5.41, 5.74) is 0.634. The number of piperidine rings is 1. The lowest BCUT2D eigenvalue weighted by atomic mass is 9.90. The normalized spacial score (nSPS) is 19.8. The fourth-order valence-electron chi connectivity index (χ4n) is 1.87. The molecule has 0 saturated carbocycles. The summed E-state index contributed by atoms with van der Waals surface area (Å²) in [6.07, 6.45) is 3.50. The Hall–Kier alpha value is -1.01. The van der Waals surface area contributed by atoms with Gasteiger partial charge in [-0.15, -0.1) is 0 Å². The van der Waals surface area contributed by atoms with Crippen molar-refractivity contribution < 1.29 is 4.79 Å². The molecule has 2 rings (SSSR count). The van der Waals surface area contributed by atoms with E-state index in [0.717, 1.165) is 37.7 Å². The summed E-state index contributed by atoms with van der Waals surface area (Å²) in [7, 11) is 1.97. The third kappa shape index (κ3) is 2.22. The minimum absolute atomic E-state index is 0.00639. The van der Waals surface area contributed by atoms with Gasteiger partial charge in [0.15, 0.2) is 5.69 Å². The zero-order valence-corrected chi connectivity index (χ0v) is 10.4. The number of rotatable bonds is 2. The van der Waals surface area contributed by atoms with Crippen molar-refractivity contribution in [2.45, 2.75) is 25.3 Å². The van der Waals surface area contributed by atoms with Crippen LogP contribution in [-0.4, -0.2) is 45.2 Å². The van der Waals surface area contributed by atoms with Gasteiger partial charge in [0.2, 0.25) is 0 Å². The monoisotopic (exact) mass is 240 g/mol. The van der Waals surface area contributed by atoms with E-state index in [9.17, 15) is 4.79 Å². The van der Waals surface area contributed by atoms with E-state index in [1.807, 2.05) is 11.9 Å². The average Bonchev–Trinajstić information content (AvgIpc) is 2.83. The van der Waals surface area contributed by atoms with Crippen LogP contribution in [0, 0.1) is 0 Å². The highest BCUT2D eigenvalue weighted by Gasteiger charge is 2.31. The first-order chi connectivity index (χ1) is 7.64. The second-order valence-electron chi connectivity index (χ2n) is 4.40. The van der Waals surface area contributed by atoms with Gasteiger partial charge in [0.05, 0.1) is 17.9 Å². The Morgan fingerprint density at radius 1 is 1.56 bits per heavy atom. The van der Waals surface area contributed by atoms with Gasteiger partial charge in [-0.2, -0.15) is 8.75 Å². The maximum atomic E-state index is 12.0. The van der Waals surface area contributed by atoms with E-state index in [-0.39, 0.29) is 11.4 Å². The number of carbonyl (C=O) groups is 1. The van der Waals surface area contributed by atoms with Gasteiger partial charge in [-0.1, -0.05) is 0 Å². The van der Waals surface area contributed by atoms with Crippen molar-refractivity contribution in [2.75, 3.05) is 20.1 Å². The van der Waals surface area contributed by atoms with Crippen LogP contribution in [0.5, 0.6) is 0 Å². The lowest BCUT2D eigenvalue weighted by Crippen LogP contribution is -2.51. The molecule has 0 radical (unpaired) electrons. The molecule has 88 valence electrons. The molecule has 1 aromatic rings. The summed E-state index contributed by atoms with van der Waals surface area (Å²) < 4.78 is 7.83. The number of hydrogen-bond acceptors (Lipinski definition) is 5. The van der Waals surface area contributed by atoms with Crippen LogP contribution in [0.15, 0.2) is 6.20 Å². The van der Waals surface area contributed by atoms with Gasteiger partial charge in [0.25, 0.3) is 5.91 Å². The number of amides is 1. The van der Waals surface area contributed by atoms with Gasteiger partial charge in [-0.3, -0.25) is 4.79 Å². The van der Waals surface area contributed by atoms with Crippen molar-refractivity contribution in [1.29, 1.82) is 0 Å². The highest BCUT2D eigenvalue weighted by molar-refractivity contribution is 6.99. The quantitative estimate of drug-likeness (QED) is 0.829. The third-order valence-electron chi connectivity index (χ3n) is 3.34. The molecule has 6 heteroatoms. The Kier molecular flexibility index (Phi) is 3.20. The van der Waals surface area contributed by atoms with Crippen molar-refractivity contribution >= 4 is 17.6 Å². The maximum Gasteiger partial charge on any atom is 0.275 e. The van der Waals surface area contributed by atoms with E-state index in [4.69, 9.17) is 0 Å². The average molecular weight is 240 g/mol. The molecule has 16 heavy (non-hydrogen) atoms. The van der Waals surface area contributed by atoms with Crippen molar-refractivity contribution in [3.8, 4) is 0 Å². The van der Waals surface area contributed by atoms with E-state index < -0.39 is 0 Å². The molecular formula is C10H16N4OS. The summed E-state index contributed by atoms with van der Waals surface area (Å²) >= 11 is 1.08. The molecule has 0 unspecified atom stereocenters. The first-order valence-electron chi connectivity index (χ1n) is 5.40. The number of aromatic nitrogens is 2. The van der Waals surface area contributed by atoms with E-state index >= 15 is 0 Å². The molecule has 1 amide bonds. The molecule has 0 aromatic carbocycles. The van der Waals surface area contributed by atoms with Gasteiger partial charge in [0, 0.05) is 18.6 Å². The van der Waals surface area contributed by atoms with Gasteiger partial charge < -0.3 is 10.2 Å². The van der Waals surface area contributed by atoms with E-state index in [0.29, 0.717) is 5.69 Å². The minimum atomic E-state index is 0.00639. The van der Waals surface area contributed by atoms with Crippen LogP contribution in [-0.2, 0) is 0 Å². The number of nitrogens with one attached hydrogen (secondary N) is 1. The van der Waals surface area contributed by atoms with Gasteiger partial charge in [-0.05, 0) is 26.8 Å². The number of carbonyl (C=O) groups excluding carboxylic acids is 1. The first-order valence-corrected chi connectivity index (χ1v) is 6.13. The molecule has 1 aliphatic rings. The molecule has 5 nitrogen and oxygen atoms in total. The molecule has 0 bridgehead atoms. The summed E-state index contributed by atoms with van der Waals surface area (Å²) in [5, 5.41) is 3.31. The number of hydrogen-bond donors (Lipinski definition) is 1. The van der Waals surface area contributed by atoms with E-state index in [2.05, 4.69) is 21.0 Å². The summed E-state index contributed by atoms with van der Waals surface area (Å²) in [6.45, 7) is 3.76. The van der Waals surface area contributed by atoms with Crippen LogP contribution in [0.4, 0.5) is 0 Å². The lowest BCUT2D eigenvalue weighted by Gasteiger charge is -2.39. The minimum Gasteiger partial charge on any atom is -0.337 e. The van der Waals surface area contributed by atoms with Crippen molar-refractivity contribution in [3.05, 3.63) is 11.9 Å². The fraction of sp³-hybridized carbons (Fsp3) is 0.700. The van der Waals surface area contributed by atoms with E-state index in [1.165, 1.54) is 0 Å². The standard InChI is InChI=1S/C10H16N4OS/c1-10(11-2)3-5-14(6-4-10)9(15)8-7-12-16-13-8/h7,11H,3-6H2,1-2H3. The van der Waals surface area contributed by atoms with Gasteiger partial charge >= 0.3 is 0 Å². The molecule has 1 saturated heterocycles. The molecule has 1 N–H and O–H groups in total. The second kappa shape index (κ2) is 4.47. The van der Waals surface area contributed by atoms with Crippen LogP contribution < -0.4 is 5.32 Å². The lowest BCUT2D eigenvalue weighted by molar-refractivity contribution is 0.0657. The molecule has 0 aliphatic carbocycles. The van der Waals surface area contributed by atoms with E-state index in [1.54, 1.807) is 6.20 Å². The predicted octanol–water partition coefficient (Wildman–Crippen LogP) is 0.752. The van der Waals surface area contributed by atoms with Crippen molar-refractivity contribution in [2.24, 2.45) is 0 Å². The Balaban J connectivity index is 1.97. The van der Waals surface area contributed by atoms with Gasteiger partial charge in [-0.25, -0.2) is 0 Å². The molecule has 0 atom stereocenters. The fourth-order valence-corrected chi connectivity index (χ4v) is 2.28. The van der Waals surface area contributed by atoms with Crippen LogP contribution in [0.3, 0.4) is 0 Å². The second-order valence-corrected chi connectivity index (χ2v) is 4.95. The summed E-state index contributed by atoms with van der Waals surface area (Å²) in [6, 6.07) is 0. The molecule has 1 aromatic heterocycles. The van der Waals surface area contributed by atoms with Crippen LogP contribution in [0.2, 0.25) is 0 Å². The zero-order valence-electron chi connectivity index (χ0n) is 9.56. The van der Waals surface area contributed by atoms with Crippen molar-refractivity contribution in [3.63, 3.8) is 0 Å². The Morgan fingerprint density at radius 3 is 2.75 bits per heavy atom. The third-order valence-corrected chi connectivity index (χ3v) is 3.82. The molecular weight excluding hydrogens is 224 g/mol. The zero-order chi connectivity index (χ0) is 11.6. The molecule has 1 aliphatic heterocycles. The predicted molar refractivity (Wildman–Crippen MR) is 62.5 cm³/mol. The Bertz CT molecular complexity index is 357. The maximum absolute atomic E-state index is 12.0. The Morgan fingerprint density at radius 2 is 2.25 bits per heavy atom. The molecule has 0 spiro atoms. The largest absolute Gasteiger partial charge is 0.337 e. The molecule has 2 heterocycles. The Labute approximate surface area is 99.2 Å². The highest BCUT2D eigenvalue weighted by Crippen LogP contribution is 2.22. The smallest absolute Gasteiger partial charge is 0.275 e. The SMILES string of the molecule is CNC1(C)CCN(C(=O)c2cnsn2)CC1. The van der Waals surface area contributed by atoms with Crippen LogP contribution in [0.1, 0.15) is 30.3 Å². The number of nitrogens with zero attached hydrogens (tertiary/aromatic N) is 3. The van der Waals surface area contributed by atoms with Crippen molar-refractivity contribution in [1.82, 2.24) is 19.0 Å². The highest BCUT2D eigenvalue weighted by atomic mass is 32.1. The summed E-state index contributed by atoms with van der Waals surface area (Å²) in [5.74, 6) is 0.00639. The summed E-state index contributed by atoms with van der Waals surface area (Å²) in [4.78, 5) is 13.8. The molecule has 1 fully saturated rings. The van der Waals surface area contributed by atoms with Crippen LogP contribution in [0.25, 0.3) is 0 Å².